The van der Waals surface area contributed by atoms with Crippen LogP contribution in [0.5, 0.6) is 5.75 Å². The van der Waals surface area contributed by atoms with Crippen molar-refractivity contribution < 1.29 is 24.2 Å². The summed E-state index contributed by atoms with van der Waals surface area (Å²) < 4.78 is 5.00. The standard InChI is InChI=1S/C12H12N2O5S/c1-19-8-4-2-7(3-5-8)13-10-11(17)14(6-9(15)16)12(18)20-10/h2-5,10,13H,6H2,1H3,(H,15,16)/p-1/t10-/m0/s1. The average Bonchev–Trinajstić information content (AvgIpc) is 2.67. The quantitative estimate of drug-likeness (QED) is 0.808. The van der Waals surface area contributed by atoms with E-state index < -0.39 is 29.0 Å². The van der Waals surface area contributed by atoms with Gasteiger partial charge in [-0.15, -0.1) is 0 Å². The van der Waals surface area contributed by atoms with Crippen LogP contribution in [0.3, 0.4) is 0 Å². The van der Waals surface area contributed by atoms with E-state index in [1.807, 2.05) is 0 Å². The Balaban J connectivity index is 2.04. The van der Waals surface area contributed by atoms with Gasteiger partial charge in [-0.05, 0) is 36.0 Å². The summed E-state index contributed by atoms with van der Waals surface area (Å²) in [4.78, 5) is 34.6. The number of carboxylic acids is 1. The first kappa shape index (κ1) is 14.2. The summed E-state index contributed by atoms with van der Waals surface area (Å²) in [5.74, 6) is -1.41. The molecule has 1 heterocycles. The van der Waals surface area contributed by atoms with Gasteiger partial charge in [0.15, 0.2) is 5.37 Å². The number of rotatable bonds is 5. The lowest BCUT2D eigenvalue weighted by Gasteiger charge is -2.15. The zero-order valence-electron chi connectivity index (χ0n) is 10.5. The molecule has 0 spiro atoms. The second kappa shape index (κ2) is 5.83. The van der Waals surface area contributed by atoms with Crippen molar-refractivity contribution in [2.45, 2.75) is 5.37 Å². The maximum atomic E-state index is 11.9. The van der Waals surface area contributed by atoms with E-state index >= 15 is 0 Å². The van der Waals surface area contributed by atoms with E-state index in [9.17, 15) is 19.5 Å². The van der Waals surface area contributed by atoms with Crippen molar-refractivity contribution in [3.63, 3.8) is 0 Å². The van der Waals surface area contributed by atoms with Crippen LogP contribution in [0.1, 0.15) is 0 Å². The van der Waals surface area contributed by atoms with E-state index in [4.69, 9.17) is 4.74 Å². The number of carboxylic acid groups (broad SMARTS) is 1. The number of hydrogen-bond acceptors (Lipinski definition) is 7. The first-order valence-electron chi connectivity index (χ1n) is 5.63. The van der Waals surface area contributed by atoms with Crippen molar-refractivity contribution in [1.82, 2.24) is 4.90 Å². The fraction of sp³-hybridized carbons (Fsp3) is 0.250. The van der Waals surface area contributed by atoms with E-state index in [0.717, 1.165) is 11.8 Å². The maximum Gasteiger partial charge on any atom is 0.291 e. The van der Waals surface area contributed by atoms with Crippen molar-refractivity contribution in [3.05, 3.63) is 24.3 Å². The minimum absolute atomic E-state index is 0.597. The van der Waals surface area contributed by atoms with Crippen LogP contribution < -0.4 is 15.2 Å². The van der Waals surface area contributed by atoms with E-state index in [1.54, 1.807) is 24.3 Å². The van der Waals surface area contributed by atoms with E-state index in [1.165, 1.54) is 7.11 Å². The van der Waals surface area contributed by atoms with Gasteiger partial charge in [-0.25, -0.2) is 0 Å². The number of amides is 2. The monoisotopic (exact) mass is 295 g/mol. The number of nitrogens with one attached hydrogen (secondary N) is 1. The molecule has 1 atom stereocenters. The molecule has 2 amide bonds. The van der Waals surface area contributed by atoms with Gasteiger partial charge in [-0.3, -0.25) is 14.5 Å². The molecule has 1 aliphatic rings. The molecule has 0 aromatic heterocycles. The number of methoxy groups -OCH3 is 1. The molecule has 1 aliphatic heterocycles. The molecule has 0 bridgehead atoms. The molecule has 1 aromatic rings. The van der Waals surface area contributed by atoms with E-state index in [2.05, 4.69) is 5.32 Å². The van der Waals surface area contributed by atoms with Crippen LogP contribution in [0.15, 0.2) is 24.3 Å². The van der Waals surface area contributed by atoms with Crippen molar-refractivity contribution in [2.24, 2.45) is 0 Å². The van der Waals surface area contributed by atoms with Gasteiger partial charge < -0.3 is 20.0 Å². The number of imide groups is 1. The highest BCUT2D eigenvalue weighted by Crippen LogP contribution is 2.28. The summed E-state index contributed by atoms with van der Waals surface area (Å²) in [5.41, 5.74) is 0.625. The Morgan fingerprint density at radius 3 is 2.60 bits per heavy atom. The van der Waals surface area contributed by atoms with Crippen molar-refractivity contribution in [3.8, 4) is 5.75 Å². The van der Waals surface area contributed by atoms with Crippen LogP contribution in [0.4, 0.5) is 10.5 Å². The van der Waals surface area contributed by atoms with Gasteiger partial charge >= 0.3 is 0 Å². The Morgan fingerprint density at radius 1 is 1.40 bits per heavy atom. The number of carbonyl (C=O) groups excluding carboxylic acids is 3. The normalized spacial score (nSPS) is 18.2. The lowest BCUT2D eigenvalue weighted by atomic mass is 10.3. The third-order valence-electron chi connectivity index (χ3n) is 2.60. The Hall–Kier alpha value is -2.22. The summed E-state index contributed by atoms with van der Waals surface area (Å²) >= 11 is 0.733. The third-order valence-corrected chi connectivity index (χ3v) is 3.58. The van der Waals surface area contributed by atoms with Crippen molar-refractivity contribution in [2.75, 3.05) is 19.0 Å². The summed E-state index contributed by atoms with van der Waals surface area (Å²) in [6.07, 6.45) is 0. The molecule has 0 aliphatic carbocycles. The van der Waals surface area contributed by atoms with Crippen molar-refractivity contribution in [1.29, 1.82) is 0 Å². The number of thioether (sulfide) groups is 1. The number of anilines is 1. The molecule has 1 aromatic carbocycles. The largest absolute Gasteiger partial charge is 0.548 e. The topological polar surface area (TPSA) is 98.8 Å². The second-order valence-electron chi connectivity index (χ2n) is 3.93. The fourth-order valence-corrected chi connectivity index (χ4v) is 2.55. The molecule has 0 saturated carbocycles. The van der Waals surface area contributed by atoms with Crippen LogP contribution in [0, 0.1) is 0 Å². The second-order valence-corrected chi connectivity index (χ2v) is 4.99. The highest BCUT2D eigenvalue weighted by molar-refractivity contribution is 8.15. The van der Waals surface area contributed by atoms with Crippen LogP contribution in [-0.4, -0.2) is 41.0 Å². The summed E-state index contributed by atoms with van der Waals surface area (Å²) in [6.45, 7) is -0.731. The Bertz CT molecular complexity index is 545. The van der Waals surface area contributed by atoms with Crippen LogP contribution in [0.25, 0.3) is 0 Å². The highest BCUT2D eigenvalue weighted by Gasteiger charge is 2.39. The summed E-state index contributed by atoms with van der Waals surface area (Å²) in [5, 5.41) is 11.9. The molecular formula is C12H11N2O5S-. The summed E-state index contributed by atoms with van der Waals surface area (Å²) in [6, 6.07) is 6.79. The molecule has 106 valence electrons. The molecule has 7 nitrogen and oxygen atoms in total. The fourth-order valence-electron chi connectivity index (χ4n) is 1.65. The number of nitrogens with zero attached hydrogens (tertiary/aromatic N) is 1. The van der Waals surface area contributed by atoms with E-state index in [0.29, 0.717) is 16.3 Å². The molecule has 1 fully saturated rings. The molecule has 0 radical (unpaired) electrons. The zero-order chi connectivity index (χ0) is 14.7. The van der Waals surface area contributed by atoms with Gasteiger partial charge in [0.1, 0.15) is 5.75 Å². The number of aliphatic carboxylic acids is 1. The molecule has 1 N–H and O–H groups in total. The molecule has 2 rings (SSSR count). The lowest BCUT2D eigenvalue weighted by Crippen LogP contribution is -2.42. The molecule has 8 heteroatoms. The number of hydrogen-bond donors (Lipinski definition) is 1. The number of benzene rings is 1. The van der Waals surface area contributed by atoms with Gasteiger partial charge in [0.2, 0.25) is 0 Å². The molecule has 1 saturated heterocycles. The predicted octanol–water partition coefficient (Wildman–Crippen LogP) is -0.122. The van der Waals surface area contributed by atoms with Gasteiger partial charge in [0.25, 0.3) is 11.1 Å². The first-order chi connectivity index (χ1) is 9.51. The molecule has 20 heavy (non-hydrogen) atoms. The number of ether oxygens (including phenoxy) is 1. The Labute approximate surface area is 118 Å². The lowest BCUT2D eigenvalue weighted by molar-refractivity contribution is -0.305. The zero-order valence-corrected chi connectivity index (χ0v) is 11.3. The predicted molar refractivity (Wildman–Crippen MR) is 70.1 cm³/mol. The van der Waals surface area contributed by atoms with Gasteiger partial charge in [0, 0.05) is 5.69 Å². The smallest absolute Gasteiger partial charge is 0.291 e. The minimum atomic E-state index is -1.47. The third kappa shape index (κ3) is 3.02. The molecular weight excluding hydrogens is 284 g/mol. The SMILES string of the molecule is COc1ccc(N[C@H]2SC(=O)N(CC(=O)[O-])C2=O)cc1. The van der Waals surface area contributed by atoms with Crippen LogP contribution >= 0.6 is 11.8 Å². The van der Waals surface area contributed by atoms with Gasteiger partial charge in [-0.2, -0.15) is 0 Å². The molecule has 0 unspecified atom stereocenters. The Morgan fingerprint density at radius 2 is 2.05 bits per heavy atom. The maximum absolute atomic E-state index is 11.9. The first-order valence-corrected chi connectivity index (χ1v) is 6.51. The van der Waals surface area contributed by atoms with Crippen molar-refractivity contribution >= 4 is 34.6 Å². The van der Waals surface area contributed by atoms with Crippen LogP contribution in [-0.2, 0) is 9.59 Å². The highest BCUT2D eigenvalue weighted by atomic mass is 32.2. The van der Waals surface area contributed by atoms with Crippen LogP contribution in [0.2, 0.25) is 0 Å². The minimum Gasteiger partial charge on any atom is -0.548 e. The Kier molecular flexibility index (Phi) is 4.14. The van der Waals surface area contributed by atoms with Gasteiger partial charge in [0.05, 0.1) is 19.6 Å². The average molecular weight is 295 g/mol. The number of carbonyl (C=O) groups is 3. The van der Waals surface area contributed by atoms with E-state index in [-0.39, 0.29) is 0 Å². The van der Waals surface area contributed by atoms with Gasteiger partial charge in [-0.1, -0.05) is 0 Å². The summed E-state index contributed by atoms with van der Waals surface area (Å²) in [7, 11) is 1.54.